The summed E-state index contributed by atoms with van der Waals surface area (Å²) in [5.41, 5.74) is 0. The van der Waals surface area contributed by atoms with Gasteiger partial charge in [0.2, 0.25) is 0 Å². The number of unbranched alkanes of at least 4 members (excludes halogenated alkanes) is 1. The zero-order valence-corrected chi connectivity index (χ0v) is 11.5. The van der Waals surface area contributed by atoms with Crippen molar-refractivity contribution in [3.63, 3.8) is 0 Å². The van der Waals surface area contributed by atoms with E-state index in [1.807, 2.05) is 13.8 Å². The molecule has 0 aromatic heterocycles. The summed E-state index contributed by atoms with van der Waals surface area (Å²) in [6.45, 7) is 13.3. The Morgan fingerprint density at radius 1 is 0.938 bits per heavy atom. The smallest absolute Gasteiger partial charge is 0.158 e. The molecule has 0 fully saturated rings. The third-order valence-corrected chi connectivity index (χ3v) is 2.66. The minimum atomic E-state index is -0.0225. The predicted octanol–water partition coefficient (Wildman–Crippen LogP) is 2.90. The van der Waals surface area contributed by atoms with Crippen molar-refractivity contribution >= 4 is 0 Å². The van der Waals surface area contributed by atoms with Crippen LogP contribution < -0.4 is 0 Å². The van der Waals surface area contributed by atoms with Gasteiger partial charge in [0.25, 0.3) is 0 Å². The fraction of sp³-hybridized carbons (Fsp3) is 1.00. The third kappa shape index (κ3) is 8.08. The van der Waals surface area contributed by atoms with Crippen LogP contribution in [0.5, 0.6) is 0 Å². The predicted molar refractivity (Wildman–Crippen MR) is 68.7 cm³/mol. The lowest BCUT2D eigenvalue weighted by Crippen LogP contribution is -2.30. The minimum absolute atomic E-state index is 0.0225. The molecule has 0 N–H and O–H groups in total. The largest absolute Gasteiger partial charge is 0.353 e. The molecular formula is C13H29NO2. The Morgan fingerprint density at radius 2 is 1.56 bits per heavy atom. The van der Waals surface area contributed by atoms with Crippen molar-refractivity contribution in [1.82, 2.24) is 4.90 Å². The maximum Gasteiger partial charge on any atom is 0.158 e. The first kappa shape index (κ1) is 15.9. The van der Waals surface area contributed by atoms with Crippen LogP contribution in [0.25, 0.3) is 0 Å². The van der Waals surface area contributed by atoms with Crippen LogP contribution >= 0.6 is 0 Å². The molecule has 3 nitrogen and oxygen atoms in total. The van der Waals surface area contributed by atoms with Gasteiger partial charge in [-0.15, -0.1) is 0 Å². The fourth-order valence-corrected chi connectivity index (χ4v) is 1.68. The fourth-order valence-electron chi connectivity index (χ4n) is 1.68. The van der Waals surface area contributed by atoms with E-state index in [9.17, 15) is 0 Å². The number of hydrogen-bond acceptors (Lipinski definition) is 3. The zero-order valence-electron chi connectivity index (χ0n) is 11.5. The normalized spacial score (nSPS) is 11.6. The maximum atomic E-state index is 5.53. The lowest BCUT2D eigenvalue weighted by atomic mass is 10.3. The van der Waals surface area contributed by atoms with Crippen molar-refractivity contribution in [2.45, 2.75) is 53.2 Å². The first-order chi connectivity index (χ1) is 7.78. The Kier molecular flexibility index (Phi) is 11.3. The van der Waals surface area contributed by atoms with Gasteiger partial charge in [0.1, 0.15) is 0 Å². The summed E-state index contributed by atoms with van der Waals surface area (Å²) >= 11 is 0. The topological polar surface area (TPSA) is 21.7 Å². The first-order valence-electron chi connectivity index (χ1n) is 6.73. The van der Waals surface area contributed by atoms with Gasteiger partial charge in [0.15, 0.2) is 6.29 Å². The van der Waals surface area contributed by atoms with Crippen LogP contribution in [0.3, 0.4) is 0 Å². The van der Waals surface area contributed by atoms with Crippen molar-refractivity contribution in [2.24, 2.45) is 0 Å². The average molecular weight is 231 g/mol. The molecule has 98 valence electrons. The number of hydrogen-bond donors (Lipinski definition) is 0. The summed E-state index contributed by atoms with van der Waals surface area (Å²) in [6.07, 6.45) is 3.49. The van der Waals surface area contributed by atoms with E-state index in [1.54, 1.807) is 0 Å². The van der Waals surface area contributed by atoms with Gasteiger partial charge in [-0.25, -0.2) is 0 Å². The van der Waals surface area contributed by atoms with E-state index in [-0.39, 0.29) is 6.29 Å². The van der Waals surface area contributed by atoms with Crippen molar-refractivity contribution in [1.29, 1.82) is 0 Å². The highest BCUT2D eigenvalue weighted by atomic mass is 16.7. The second-order valence-corrected chi connectivity index (χ2v) is 3.92. The summed E-state index contributed by atoms with van der Waals surface area (Å²) < 4.78 is 11.1. The number of ether oxygens (including phenoxy) is 2. The number of rotatable bonds is 11. The van der Waals surface area contributed by atoms with E-state index in [0.717, 1.165) is 32.7 Å². The Labute approximate surface area is 101 Å². The molecule has 0 aromatic rings. The molecule has 0 aliphatic rings. The highest BCUT2D eigenvalue weighted by Crippen LogP contribution is 2.04. The summed E-state index contributed by atoms with van der Waals surface area (Å²) in [4.78, 5) is 2.47. The van der Waals surface area contributed by atoms with Crippen LogP contribution in [-0.2, 0) is 9.47 Å². The summed E-state index contributed by atoms with van der Waals surface area (Å²) in [5.74, 6) is 0. The minimum Gasteiger partial charge on any atom is -0.353 e. The molecule has 0 aromatic carbocycles. The Bertz CT molecular complexity index is 136. The second-order valence-electron chi connectivity index (χ2n) is 3.92. The van der Waals surface area contributed by atoms with Crippen LogP contribution in [-0.4, -0.2) is 44.0 Å². The molecule has 0 bridgehead atoms. The second kappa shape index (κ2) is 11.4. The van der Waals surface area contributed by atoms with Crippen molar-refractivity contribution in [2.75, 3.05) is 32.8 Å². The molecule has 0 atom stereocenters. The van der Waals surface area contributed by atoms with Crippen molar-refractivity contribution < 1.29 is 9.47 Å². The van der Waals surface area contributed by atoms with Gasteiger partial charge in [0.05, 0.1) is 0 Å². The molecule has 0 saturated heterocycles. The molecular weight excluding hydrogens is 202 g/mol. The van der Waals surface area contributed by atoms with Crippen molar-refractivity contribution in [3.05, 3.63) is 0 Å². The molecule has 0 heterocycles. The molecule has 0 amide bonds. The van der Waals surface area contributed by atoms with Gasteiger partial charge < -0.3 is 14.4 Å². The van der Waals surface area contributed by atoms with Crippen LogP contribution in [0.15, 0.2) is 0 Å². The van der Waals surface area contributed by atoms with Crippen molar-refractivity contribution in [3.8, 4) is 0 Å². The molecule has 16 heavy (non-hydrogen) atoms. The lowest BCUT2D eigenvalue weighted by Gasteiger charge is -2.23. The maximum absolute atomic E-state index is 5.53. The Hall–Kier alpha value is -0.120. The van der Waals surface area contributed by atoms with Crippen LogP contribution in [0.2, 0.25) is 0 Å². The molecule has 0 saturated carbocycles. The Morgan fingerprint density at radius 3 is 2.00 bits per heavy atom. The van der Waals surface area contributed by atoms with Gasteiger partial charge in [0, 0.05) is 26.2 Å². The van der Waals surface area contributed by atoms with Gasteiger partial charge in [-0.3, -0.25) is 0 Å². The van der Waals surface area contributed by atoms with Gasteiger partial charge in [-0.1, -0.05) is 20.3 Å². The average Bonchev–Trinajstić information content (AvgIpc) is 2.30. The molecule has 0 spiro atoms. The monoisotopic (exact) mass is 231 g/mol. The van der Waals surface area contributed by atoms with E-state index in [2.05, 4.69) is 18.7 Å². The van der Waals surface area contributed by atoms with Gasteiger partial charge >= 0.3 is 0 Å². The Balaban J connectivity index is 3.76. The first-order valence-corrected chi connectivity index (χ1v) is 6.73. The molecule has 0 rings (SSSR count). The quantitative estimate of drug-likeness (QED) is 0.510. The SMILES string of the molecule is CCCCN(CC)CCC(OCC)OCC. The van der Waals surface area contributed by atoms with Gasteiger partial charge in [-0.05, 0) is 33.4 Å². The molecule has 0 aliphatic carbocycles. The molecule has 0 unspecified atom stereocenters. The summed E-state index contributed by atoms with van der Waals surface area (Å²) in [5, 5.41) is 0. The standard InChI is InChI=1S/C13H29NO2/c1-5-9-11-14(6-2)12-10-13(15-7-3)16-8-4/h13H,5-12H2,1-4H3. The van der Waals surface area contributed by atoms with Crippen LogP contribution in [0.4, 0.5) is 0 Å². The summed E-state index contributed by atoms with van der Waals surface area (Å²) in [6, 6.07) is 0. The highest BCUT2D eigenvalue weighted by Gasteiger charge is 2.10. The third-order valence-electron chi connectivity index (χ3n) is 2.66. The zero-order chi connectivity index (χ0) is 12.2. The van der Waals surface area contributed by atoms with Gasteiger partial charge in [-0.2, -0.15) is 0 Å². The van der Waals surface area contributed by atoms with E-state index in [0.29, 0.717) is 0 Å². The van der Waals surface area contributed by atoms with E-state index in [1.165, 1.54) is 19.4 Å². The molecule has 0 aliphatic heterocycles. The molecule has 3 heteroatoms. The molecule has 0 radical (unpaired) electrons. The summed E-state index contributed by atoms with van der Waals surface area (Å²) in [7, 11) is 0. The van der Waals surface area contributed by atoms with E-state index < -0.39 is 0 Å². The number of nitrogens with zero attached hydrogens (tertiary/aromatic N) is 1. The van der Waals surface area contributed by atoms with E-state index in [4.69, 9.17) is 9.47 Å². The van der Waals surface area contributed by atoms with E-state index >= 15 is 0 Å². The van der Waals surface area contributed by atoms with Crippen LogP contribution in [0.1, 0.15) is 47.0 Å². The van der Waals surface area contributed by atoms with Crippen LogP contribution in [0, 0.1) is 0 Å². The lowest BCUT2D eigenvalue weighted by molar-refractivity contribution is -0.141. The highest BCUT2D eigenvalue weighted by molar-refractivity contribution is 4.57.